The largest absolute Gasteiger partial charge is 0.478 e. The number of hydrogen-bond donors (Lipinski definition) is 4. The van der Waals surface area contributed by atoms with Crippen molar-refractivity contribution in [2.45, 2.75) is 19.8 Å². The van der Waals surface area contributed by atoms with Crippen LogP contribution in [-0.2, 0) is 4.79 Å². The first kappa shape index (κ1) is 16.5. The van der Waals surface area contributed by atoms with E-state index < -0.39 is 5.97 Å². The Balaban J connectivity index is 0. The normalized spacial score (nSPS) is 9.40. The fourth-order valence-electron chi connectivity index (χ4n) is 0.620. The molecule has 90 valence electrons. The maximum absolute atomic E-state index is 9.60. The van der Waals surface area contributed by atoms with Crippen molar-refractivity contribution < 1.29 is 25.2 Å². The SMILES string of the molecule is C=C(C)C(=O)O.OCCCC(CO)CO. The van der Waals surface area contributed by atoms with E-state index in [0.717, 1.165) is 0 Å². The van der Waals surface area contributed by atoms with Gasteiger partial charge < -0.3 is 20.4 Å². The Labute approximate surface area is 89.7 Å². The summed E-state index contributed by atoms with van der Waals surface area (Å²) in [5.74, 6) is -0.979. The fourth-order valence-corrected chi connectivity index (χ4v) is 0.620. The minimum absolute atomic E-state index is 0.0104. The Bertz CT molecular complexity index is 163. The van der Waals surface area contributed by atoms with Gasteiger partial charge in [-0.1, -0.05) is 6.58 Å². The van der Waals surface area contributed by atoms with Crippen molar-refractivity contribution in [3.8, 4) is 0 Å². The summed E-state index contributed by atoms with van der Waals surface area (Å²) in [7, 11) is 0. The monoisotopic (exact) mass is 220 g/mol. The Morgan fingerprint density at radius 3 is 1.87 bits per heavy atom. The highest BCUT2D eigenvalue weighted by Crippen LogP contribution is 2.02. The number of aliphatic hydroxyl groups is 3. The van der Waals surface area contributed by atoms with Crippen LogP contribution in [0.2, 0.25) is 0 Å². The molecule has 0 saturated carbocycles. The number of hydrogen-bond acceptors (Lipinski definition) is 4. The van der Waals surface area contributed by atoms with Gasteiger partial charge in [0.2, 0.25) is 0 Å². The number of aliphatic carboxylic acids is 1. The maximum atomic E-state index is 9.60. The molecule has 0 atom stereocenters. The number of rotatable bonds is 6. The molecule has 5 nitrogen and oxygen atoms in total. The third-order valence-corrected chi connectivity index (χ3v) is 1.65. The topological polar surface area (TPSA) is 98.0 Å². The smallest absolute Gasteiger partial charge is 0.330 e. The predicted molar refractivity (Wildman–Crippen MR) is 56.4 cm³/mol. The highest BCUT2D eigenvalue weighted by atomic mass is 16.4. The summed E-state index contributed by atoms with van der Waals surface area (Å²) in [4.78, 5) is 9.60. The van der Waals surface area contributed by atoms with Crippen LogP contribution < -0.4 is 0 Å². The van der Waals surface area contributed by atoms with Gasteiger partial charge in [-0.15, -0.1) is 0 Å². The summed E-state index contributed by atoms with van der Waals surface area (Å²) >= 11 is 0. The van der Waals surface area contributed by atoms with Crippen LogP contribution in [0.1, 0.15) is 19.8 Å². The molecule has 0 aliphatic heterocycles. The van der Waals surface area contributed by atoms with Crippen LogP contribution in [0.25, 0.3) is 0 Å². The lowest BCUT2D eigenvalue weighted by Gasteiger charge is -2.07. The van der Waals surface area contributed by atoms with Gasteiger partial charge in [0.1, 0.15) is 0 Å². The van der Waals surface area contributed by atoms with Gasteiger partial charge >= 0.3 is 5.97 Å². The molecule has 0 bridgehead atoms. The van der Waals surface area contributed by atoms with Crippen molar-refractivity contribution in [2.75, 3.05) is 19.8 Å². The summed E-state index contributed by atoms with van der Waals surface area (Å²) in [5.41, 5.74) is 0.176. The Morgan fingerprint density at radius 2 is 1.67 bits per heavy atom. The van der Waals surface area contributed by atoms with E-state index in [1.807, 2.05) is 0 Å². The quantitative estimate of drug-likeness (QED) is 0.473. The van der Waals surface area contributed by atoms with Crippen LogP contribution in [0, 0.1) is 5.92 Å². The molecule has 5 heteroatoms. The summed E-state index contributed by atoms with van der Waals surface area (Å²) in [6.07, 6.45) is 1.36. The van der Waals surface area contributed by atoms with Crippen LogP contribution in [0.5, 0.6) is 0 Å². The van der Waals surface area contributed by atoms with Crippen LogP contribution in [-0.4, -0.2) is 46.2 Å². The molecule has 0 aromatic carbocycles. The van der Waals surface area contributed by atoms with Crippen molar-refractivity contribution in [3.63, 3.8) is 0 Å². The Hall–Kier alpha value is -0.910. The lowest BCUT2D eigenvalue weighted by atomic mass is 10.1. The molecule has 0 amide bonds. The third kappa shape index (κ3) is 13.1. The second-order valence-corrected chi connectivity index (χ2v) is 3.18. The second-order valence-electron chi connectivity index (χ2n) is 3.18. The summed E-state index contributed by atoms with van der Waals surface area (Å²) < 4.78 is 0. The molecule has 0 rings (SSSR count). The lowest BCUT2D eigenvalue weighted by Crippen LogP contribution is -2.11. The van der Waals surface area contributed by atoms with Crippen LogP contribution >= 0.6 is 0 Å². The second kappa shape index (κ2) is 11.2. The zero-order valence-electron chi connectivity index (χ0n) is 9.02. The molecule has 0 fully saturated rings. The molecule has 0 spiro atoms. The molecule has 0 saturated heterocycles. The average Bonchev–Trinajstić information content (AvgIpc) is 2.20. The Kier molecular flexibility index (Phi) is 12.3. The van der Waals surface area contributed by atoms with Crippen LogP contribution in [0.15, 0.2) is 12.2 Å². The van der Waals surface area contributed by atoms with Gasteiger partial charge in [-0.25, -0.2) is 4.79 Å². The molecular formula is C10H20O5. The minimum atomic E-state index is -0.935. The number of carboxylic acid groups (broad SMARTS) is 1. The van der Waals surface area contributed by atoms with Crippen molar-refractivity contribution in [2.24, 2.45) is 5.92 Å². The van der Waals surface area contributed by atoms with E-state index in [9.17, 15) is 4.79 Å². The highest BCUT2D eigenvalue weighted by molar-refractivity contribution is 5.84. The average molecular weight is 220 g/mol. The number of aliphatic hydroxyl groups excluding tert-OH is 3. The van der Waals surface area contributed by atoms with Gasteiger partial charge in [0, 0.05) is 31.3 Å². The van der Waals surface area contributed by atoms with Gasteiger partial charge in [0.25, 0.3) is 0 Å². The van der Waals surface area contributed by atoms with Gasteiger partial charge in [0.15, 0.2) is 0 Å². The van der Waals surface area contributed by atoms with E-state index in [1.165, 1.54) is 6.92 Å². The van der Waals surface area contributed by atoms with Crippen molar-refractivity contribution >= 4 is 5.97 Å². The van der Waals surface area contributed by atoms with Crippen molar-refractivity contribution in [1.82, 2.24) is 0 Å². The van der Waals surface area contributed by atoms with Crippen LogP contribution in [0.4, 0.5) is 0 Å². The minimum Gasteiger partial charge on any atom is -0.478 e. The lowest BCUT2D eigenvalue weighted by molar-refractivity contribution is -0.132. The summed E-state index contributed by atoms with van der Waals surface area (Å²) in [6, 6.07) is 0. The van der Waals surface area contributed by atoms with E-state index in [2.05, 4.69) is 6.58 Å². The van der Waals surface area contributed by atoms with E-state index in [1.54, 1.807) is 0 Å². The van der Waals surface area contributed by atoms with Crippen LogP contribution in [0.3, 0.4) is 0 Å². The molecule has 0 aliphatic carbocycles. The first-order valence-electron chi connectivity index (χ1n) is 4.70. The van der Waals surface area contributed by atoms with Crippen molar-refractivity contribution in [3.05, 3.63) is 12.2 Å². The molecule has 0 aliphatic rings. The highest BCUT2D eigenvalue weighted by Gasteiger charge is 2.03. The maximum Gasteiger partial charge on any atom is 0.330 e. The molecule has 0 aromatic heterocycles. The molecule has 0 aromatic rings. The van der Waals surface area contributed by atoms with E-state index in [4.69, 9.17) is 20.4 Å². The fraction of sp³-hybridized carbons (Fsp3) is 0.700. The first-order chi connectivity index (χ1) is 6.99. The standard InChI is InChI=1S/C6H14O3.C4H6O2/c7-3-1-2-6(4-8)5-9;1-3(2)4(5)6/h6-9H,1-5H2;1H2,2H3,(H,5,6). The van der Waals surface area contributed by atoms with Gasteiger partial charge in [-0.2, -0.15) is 0 Å². The van der Waals surface area contributed by atoms with Gasteiger partial charge in [-0.05, 0) is 19.8 Å². The molecule has 0 heterocycles. The summed E-state index contributed by atoms with van der Waals surface area (Å²) in [5, 5.41) is 33.3. The molecule has 0 unspecified atom stereocenters. The van der Waals surface area contributed by atoms with E-state index >= 15 is 0 Å². The molecule has 0 radical (unpaired) electrons. The van der Waals surface area contributed by atoms with E-state index in [-0.39, 0.29) is 31.3 Å². The number of carboxylic acids is 1. The zero-order valence-corrected chi connectivity index (χ0v) is 9.02. The van der Waals surface area contributed by atoms with Crippen molar-refractivity contribution in [1.29, 1.82) is 0 Å². The molecular weight excluding hydrogens is 200 g/mol. The van der Waals surface area contributed by atoms with Gasteiger partial charge in [0.05, 0.1) is 0 Å². The summed E-state index contributed by atoms with van der Waals surface area (Å²) in [6.45, 7) is 4.76. The third-order valence-electron chi connectivity index (χ3n) is 1.65. The number of carbonyl (C=O) groups is 1. The van der Waals surface area contributed by atoms with Gasteiger partial charge in [-0.3, -0.25) is 0 Å². The molecule has 15 heavy (non-hydrogen) atoms. The zero-order chi connectivity index (χ0) is 12.3. The predicted octanol–water partition coefficient (Wildman–Crippen LogP) is 0.00680. The Morgan fingerprint density at radius 1 is 1.27 bits per heavy atom. The molecule has 4 N–H and O–H groups in total. The first-order valence-corrected chi connectivity index (χ1v) is 4.70. The van der Waals surface area contributed by atoms with E-state index in [0.29, 0.717) is 12.8 Å².